The number of hydrogen-bond acceptors (Lipinski definition) is 6. The molecule has 2 aromatic rings. The Kier molecular flexibility index (Phi) is 9.03. The van der Waals surface area contributed by atoms with Crippen LogP contribution in [0.15, 0.2) is 54.6 Å². The molecule has 7 heteroatoms. The molecule has 2 aromatic carbocycles. The van der Waals surface area contributed by atoms with E-state index in [9.17, 15) is 14.4 Å². The topological polar surface area (TPSA) is 90.9 Å². The molecule has 0 bridgehead atoms. The summed E-state index contributed by atoms with van der Waals surface area (Å²) in [5.74, 6) is -1.78. The molecule has 0 saturated carbocycles. The number of amides is 1. The van der Waals surface area contributed by atoms with Crippen LogP contribution in [0.2, 0.25) is 0 Å². The van der Waals surface area contributed by atoms with E-state index in [1.807, 2.05) is 44.2 Å². The van der Waals surface area contributed by atoms with Crippen molar-refractivity contribution in [3.8, 4) is 0 Å². The number of nitrogens with one attached hydrogen (secondary N) is 1. The molecule has 160 valence electrons. The highest BCUT2D eigenvalue weighted by molar-refractivity contribution is 5.92. The quantitative estimate of drug-likeness (QED) is 0.602. The van der Waals surface area contributed by atoms with Crippen LogP contribution >= 0.6 is 0 Å². The second-order valence-corrected chi connectivity index (χ2v) is 6.97. The lowest BCUT2D eigenvalue weighted by molar-refractivity contribution is -0.145. The van der Waals surface area contributed by atoms with Gasteiger partial charge in [-0.2, -0.15) is 0 Å². The molecular formula is C23H27NO6. The molecule has 2 rings (SSSR count). The molecule has 0 spiro atoms. The van der Waals surface area contributed by atoms with E-state index in [-0.39, 0.29) is 12.5 Å². The minimum atomic E-state index is -0.871. The summed E-state index contributed by atoms with van der Waals surface area (Å²) in [6.07, 6.45) is 0.386. The fraction of sp³-hybridized carbons (Fsp3) is 0.348. The van der Waals surface area contributed by atoms with Gasteiger partial charge in [0, 0.05) is 6.42 Å². The Bertz CT molecular complexity index is 833. The zero-order chi connectivity index (χ0) is 21.9. The van der Waals surface area contributed by atoms with Crippen LogP contribution in [0.5, 0.6) is 0 Å². The average Bonchev–Trinajstić information content (AvgIpc) is 2.76. The first-order valence-electron chi connectivity index (χ1n) is 9.67. The van der Waals surface area contributed by atoms with Gasteiger partial charge < -0.3 is 19.5 Å². The van der Waals surface area contributed by atoms with Gasteiger partial charge in [-0.3, -0.25) is 4.79 Å². The van der Waals surface area contributed by atoms with E-state index in [4.69, 9.17) is 14.2 Å². The average molecular weight is 413 g/mol. The lowest BCUT2D eigenvalue weighted by atomic mass is 10.1. The van der Waals surface area contributed by atoms with Gasteiger partial charge in [-0.05, 0) is 37.1 Å². The van der Waals surface area contributed by atoms with E-state index < -0.39 is 30.5 Å². The van der Waals surface area contributed by atoms with Gasteiger partial charge >= 0.3 is 11.9 Å². The SMILES string of the molecule is COC(=O)[C@H](Cc1ccccc1)NC(=O)COC(=O)c1ccc(COC(C)C)cc1. The summed E-state index contributed by atoms with van der Waals surface area (Å²) in [6, 6.07) is 15.1. The molecule has 0 saturated heterocycles. The number of methoxy groups -OCH3 is 1. The molecule has 0 unspecified atom stereocenters. The van der Waals surface area contributed by atoms with Gasteiger partial charge in [0.25, 0.3) is 5.91 Å². The third kappa shape index (κ3) is 7.67. The third-order valence-corrected chi connectivity index (χ3v) is 4.21. The monoisotopic (exact) mass is 413 g/mol. The maximum Gasteiger partial charge on any atom is 0.338 e. The summed E-state index contributed by atoms with van der Waals surface area (Å²) >= 11 is 0. The van der Waals surface area contributed by atoms with Crippen LogP contribution in [-0.4, -0.2) is 43.7 Å². The largest absolute Gasteiger partial charge is 0.467 e. The molecule has 1 atom stereocenters. The molecule has 30 heavy (non-hydrogen) atoms. The molecule has 1 N–H and O–H groups in total. The van der Waals surface area contributed by atoms with Gasteiger partial charge in [-0.15, -0.1) is 0 Å². The molecule has 0 aliphatic rings. The molecule has 0 aromatic heterocycles. The normalized spacial score (nSPS) is 11.6. The van der Waals surface area contributed by atoms with Crippen molar-refractivity contribution >= 4 is 17.8 Å². The van der Waals surface area contributed by atoms with E-state index >= 15 is 0 Å². The Morgan fingerprint density at radius 2 is 1.60 bits per heavy atom. The third-order valence-electron chi connectivity index (χ3n) is 4.21. The van der Waals surface area contributed by atoms with Crippen LogP contribution in [-0.2, 0) is 36.8 Å². The maximum absolute atomic E-state index is 12.2. The van der Waals surface area contributed by atoms with Crippen LogP contribution in [0.3, 0.4) is 0 Å². The molecule has 7 nitrogen and oxygen atoms in total. The summed E-state index contributed by atoms with van der Waals surface area (Å²) in [6.45, 7) is 3.84. The Hall–Kier alpha value is -3.19. The molecule has 0 aliphatic heterocycles. The van der Waals surface area contributed by atoms with Crippen molar-refractivity contribution in [3.63, 3.8) is 0 Å². The maximum atomic E-state index is 12.2. The molecule has 0 aliphatic carbocycles. The van der Waals surface area contributed by atoms with Gasteiger partial charge in [-0.1, -0.05) is 42.5 Å². The van der Waals surface area contributed by atoms with Crippen molar-refractivity contribution < 1.29 is 28.6 Å². The highest BCUT2D eigenvalue weighted by Gasteiger charge is 2.22. The van der Waals surface area contributed by atoms with Crippen LogP contribution < -0.4 is 5.32 Å². The van der Waals surface area contributed by atoms with Crippen LogP contribution in [0.1, 0.15) is 35.3 Å². The predicted molar refractivity (Wildman–Crippen MR) is 111 cm³/mol. The molecule has 0 radical (unpaired) electrons. The Balaban J connectivity index is 1.86. The van der Waals surface area contributed by atoms with Gasteiger partial charge in [0.05, 0.1) is 25.4 Å². The predicted octanol–water partition coefficient (Wildman–Crippen LogP) is 2.67. The van der Waals surface area contributed by atoms with Crippen molar-refractivity contribution in [2.75, 3.05) is 13.7 Å². The van der Waals surface area contributed by atoms with Crippen molar-refractivity contribution in [1.29, 1.82) is 0 Å². The highest BCUT2D eigenvalue weighted by Crippen LogP contribution is 2.09. The van der Waals surface area contributed by atoms with Gasteiger partial charge in [0.15, 0.2) is 6.61 Å². The Morgan fingerprint density at radius 3 is 2.20 bits per heavy atom. The van der Waals surface area contributed by atoms with Crippen LogP contribution in [0, 0.1) is 0 Å². The minimum Gasteiger partial charge on any atom is -0.467 e. The standard InChI is InChI=1S/C23H27NO6/c1-16(2)29-14-18-9-11-19(12-10-18)22(26)30-15-21(25)24-20(23(27)28-3)13-17-7-5-4-6-8-17/h4-12,16,20H,13-15H2,1-3H3,(H,24,25)/t20-/m0/s1. The molecular weight excluding hydrogens is 386 g/mol. The van der Waals surface area contributed by atoms with E-state index in [2.05, 4.69) is 5.32 Å². The van der Waals surface area contributed by atoms with E-state index in [1.54, 1.807) is 24.3 Å². The van der Waals surface area contributed by atoms with Gasteiger partial charge in [-0.25, -0.2) is 9.59 Å². The number of esters is 2. The number of ether oxygens (including phenoxy) is 3. The fourth-order valence-electron chi connectivity index (χ4n) is 2.64. The highest BCUT2D eigenvalue weighted by atomic mass is 16.5. The fourth-order valence-corrected chi connectivity index (χ4v) is 2.64. The minimum absolute atomic E-state index is 0.115. The first-order chi connectivity index (χ1) is 14.4. The molecule has 0 fully saturated rings. The summed E-state index contributed by atoms with van der Waals surface area (Å²) in [5.41, 5.74) is 2.12. The Morgan fingerprint density at radius 1 is 0.933 bits per heavy atom. The van der Waals surface area contributed by atoms with Gasteiger partial charge in [0.1, 0.15) is 6.04 Å². The molecule has 0 heterocycles. The zero-order valence-electron chi connectivity index (χ0n) is 17.4. The first kappa shape index (κ1) is 23.1. The smallest absolute Gasteiger partial charge is 0.338 e. The van der Waals surface area contributed by atoms with E-state index in [0.717, 1.165) is 11.1 Å². The first-order valence-corrected chi connectivity index (χ1v) is 9.67. The number of rotatable bonds is 10. The van der Waals surface area contributed by atoms with Crippen LogP contribution in [0.4, 0.5) is 0 Å². The lowest BCUT2D eigenvalue weighted by Crippen LogP contribution is -2.44. The summed E-state index contributed by atoms with van der Waals surface area (Å²) in [5, 5.41) is 2.55. The molecule has 1 amide bonds. The number of hydrogen-bond donors (Lipinski definition) is 1. The van der Waals surface area contributed by atoms with Crippen LogP contribution in [0.25, 0.3) is 0 Å². The number of carbonyl (C=O) groups excluding carboxylic acids is 3. The summed E-state index contributed by atoms with van der Waals surface area (Å²) < 4.78 is 15.3. The second kappa shape index (κ2) is 11.7. The summed E-state index contributed by atoms with van der Waals surface area (Å²) in [7, 11) is 1.25. The second-order valence-electron chi connectivity index (χ2n) is 6.97. The van der Waals surface area contributed by atoms with Crippen molar-refractivity contribution in [2.24, 2.45) is 0 Å². The van der Waals surface area contributed by atoms with Gasteiger partial charge in [0.2, 0.25) is 0 Å². The Labute approximate surface area is 176 Å². The number of carbonyl (C=O) groups is 3. The van der Waals surface area contributed by atoms with E-state index in [1.165, 1.54) is 7.11 Å². The van der Waals surface area contributed by atoms with Crippen molar-refractivity contribution in [1.82, 2.24) is 5.32 Å². The van der Waals surface area contributed by atoms with Crippen molar-refractivity contribution in [3.05, 3.63) is 71.3 Å². The van der Waals surface area contributed by atoms with Crippen molar-refractivity contribution in [2.45, 2.75) is 39.0 Å². The lowest BCUT2D eigenvalue weighted by Gasteiger charge is -2.16. The van der Waals surface area contributed by atoms with E-state index in [0.29, 0.717) is 12.2 Å². The zero-order valence-corrected chi connectivity index (χ0v) is 17.4. The number of benzene rings is 2. The summed E-state index contributed by atoms with van der Waals surface area (Å²) in [4.78, 5) is 36.3.